The van der Waals surface area contributed by atoms with Gasteiger partial charge in [-0.15, -0.1) is 0 Å². The lowest BCUT2D eigenvalue weighted by Crippen LogP contribution is -2.37. The van der Waals surface area contributed by atoms with Crippen molar-refractivity contribution in [3.63, 3.8) is 0 Å². The molecular formula is C17H19FN6O2. The molecule has 0 saturated carbocycles. The van der Waals surface area contributed by atoms with E-state index in [1.165, 1.54) is 30.0 Å². The molecule has 26 heavy (non-hydrogen) atoms. The molecule has 0 unspecified atom stereocenters. The third-order valence-electron chi connectivity index (χ3n) is 4.04. The number of nitrogens with zero attached hydrogens (tertiary/aromatic N) is 5. The van der Waals surface area contributed by atoms with Crippen LogP contribution in [0, 0.1) is 5.82 Å². The Hall–Kier alpha value is -3.23. The minimum absolute atomic E-state index is 0.297. The third-order valence-corrected chi connectivity index (χ3v) is 4.04. The van der Waals surface area contributed by atoms with Crippen molar-refractivity contribution in [2.75, 3.05) is 5.43 Å². The van der Waals surface area contributed by atoms with E-state index in [1.54, 1.807) is 23.7 Å². The van der Waals surface area contributed by atoms with E-state index in [0.717, 1.165) is 11.0 Å². The fourth-order valence-electron chi connectivity index (χ4n) is 2.69. The minimum atomic E-state index is -0.440. The predicted molar refractivity (Wildman–Crippen MR) is 98.1 cm³/mol. The number of imidazole rings is 1. The number of anilines is 1. The van der Waals surface area contributed by atoms with Gasteiger partial charge < -0.3 is 4.57 Å². The first-order valence-corrected chi connectivity index (χ1v) is 8.15. The van der Waals surface area contributed by atoms with Gasteiger partial charge in [0.1, 0.15) is 5.82 Å². The summed E-state index contributed by atoms with van der Waals surface area (Å²) in [5, 5.41) is 4.11. The van der Waals surface area contributed by atoms with Gasteiger partial charge in [0.15, 0.2) is 11.2 Å². The summed E-state index contributed by atoms with van der Waals surface area (Å²) < 4.78 is 17.0. The molecule has 0 aliphatic heterocycles. The SMILES string of the molecule is CCCn1c(N/N=C\c2ccc(F)cc2)nc2c1c(=O)n(C)c(=O)n2C. The van der Waals surface area contributed by atoms with Crippen LogP contribution in [0.25, 0.3) is 11.2 Å². The number of rotatable bonds is 5. The number of aryl methyl sites for hydroxylation is 2. The van der Waals surface area contributed by atoms with Crippen molar-refractivity contribution in [1.82, 2.24) is 18.7 Å². The Kier molecular flexibility index (Phi) is 4.70. The molecule has 0 spiro atoms. The van der Waals surface area contributed by atoms with E-state index in [-0.39, 0.29) is 5.82 Å². The van der Waals surface area contributed by atoms with Crippen molar-refractivity contribution in [3.8, 4) is 0 Å². The molecule has 8 nitrogen and oxygen atoms in total. The number of hydrazone groups is 1. The van der Waals surface area contributed by atoms with Crippen LogP contribution in [-0.2, 0) is 20.6 Å². The van der Waals surface area contributed by atoms with Crippen LogP contribution in [0.4, 0.5) is 10.3 Å². The maximum Gasteiger partial charge on any atom is 0.332 e. The fourth-order valence-corrected chi connectivity index (χ4v) is 2.69. The van der Waals surface area contributed by atoms with Gasteiger partial charge in [-0.3, -0.25) is 13.9 Å². The van der Waals surface area contributed by atoms with Gasteiger partial charge in [-0.25, -0.2) is 14.6 Å². The molecule has 1 aromatic carbocycles. The van der Waals surface area contributed by atoms with Gasteiger partial charge in [-0.2, -0.15) is 10.1 Å². The number of benzene rings is 1. The van der Waals surface area contributed by atoms with Crippen LogP contribution in [-0.4, -0.2) is 24.9 Å². The normalized spacial score (nSPS) is 11.5. The van der Waals surface area contributed by atoms with Crippen LogP contribution in [0.1, 0.15) is 18.9 Å². The van der Waals surface area contributed by atoms with Gasteiger partial charge in [0.05, 0.1) is 6.21 Å². The van der Waals surface area contributed by atoms with Gasteiger partial charge in [0.2, 0.25) is 5.95 Å². The smallest absolute Gasteiger partial charge is 0.303 e. The topological polar surface area (TPSA) is 86.2 Å². The molecule has 0 bridgehead atoms. The summed E-state index contributed by atoms with van der Waals surface area (Å²) in [6.07, 6.45) is 2.29. The standard InChI is InChI=1S/C17H19FN6O2/c1-4-9-24-13-14(22(2)17(26)23(3)15(13)25)20-16(24)21-19-10-11-5-7-12(18)8-6-11/h5-8,10H,4,9H2,1-3H3,(H,20,21)/b19-10-. The molecule has 0 radical (unpaired) electrons. The van der Waals surface area contributed by atoms with E-state index in [1.807, 2.05) is 6.92 Å². The number of nitrogens with one attached hydrogen (secondary N) is 1. The first-order valence-electron chi connectivity index (χ1n) is 8.15. The molecule has 2 heterocycles. The summed E-state index contributed by atoms with van der Waals surface area (Å²) in [5.41, 5.74) is 3.31. The van der Waals surface area contributed by atoms with E-state index < -0.39 is 11.2 Å². The first-order chi connectivity index (χ1) is 12.4. The molecule has 3 aromatic rings. The Bertz CT molecular complexity index is 1090. The maximum absolute atomic E-state index is 12.9. The molecule has 136 valence electrons. The zero-order valence-corrected chi connectivity index (χ0v) is 14.7. The molecule has 2 aromatic heterocycles. The van der Waals surface area contributed by atoms with Gasteiger partial charge in [0.25, 0.3) is 5.56 Å². The van der Waals surface area contributed by atoms with Crippen LogP contribution in [0.5, 0.6) is 0 Å². The van der Waals surface area contributed by atoms with Crippen molar-refractivity contribution >= 4 is 23.3 Å². The van der Waals surface area contributed by atoms with Crippen LogP contribution in [0.15, 0.2) is 39.0 Å². The van der Waals surface area contributed by atoms with E-state index in [9.17, 15) is 14.0 Å². The number of halogens is 1. The highest BCUT2D eigenvalue weighted by Crippen LogP contribution is 2.16. The average Bonchev–Trinajstić information content (AvgIpc) is 2.99. The zero-order valence-electron chi connectivity index (χ0n) is 14.7. The van der Waals surface area contributed by atoms with Gasteiger partial charge >= 0.3 is 5.69 Å². The van der Waals surface area contributed by atoms with Crippen molar-refractivity contribution < 1.29 is 4.39 Å². The van der Waals surface area contributed by atoms with Crippen LogP contribution in [0.2, 0.25) is 0 Å². The fraction of sp³-hybridized carbons (Fsp3) is 0.294. The molecular weight excluding hydrogens is 339 g/mol. The van der Waals surface area contributed by atoms with Crippen molar-refractivity contribution in [2.24, 2.45) is 19.2 Å². The number of fused-ring (bicyclic) bond motifs is 1. The summed E-state index contributed by atoms with van der Waals surface area (Å²) in [4.78, 5) is 29.0. The van der Waals surface area contributed by atoms with Crippen molar-refractivity contribution in [1.29, 1.82) is 0 Å². The Balaban J connectivity index is 2.05. The lowest BCUT2D eigenvalue weighted by molar-refractivity contribution is 0.628. The lowest BCUT2D eigenvalue weighted by Gasteiger charge is -2.07. The van der Waals surface area contributed by atoms with E-state index in [2.05, 4.69) is 15.5 Å². The number of hydrogen-bond acceptors (Lipinski definition) is 5. The number of aromatic nitrogens is 4. The molecule has 3 rings (SSSR count). The third kappa shape index (κ3) is 3.03. The highest BCUT2D eigenvalue weighted by molar-refractivity contribution is 5.80. The first kappa shape index (κ1) is 17.6. The zero-order chi connectivity index (χ0) is 18.8. The average molecular weight is 358 g/mol. The van der Waals surface area contributed by atoms with Crippen LogP contribution in [0.3, 0.4) is 0 Å². The maximum atomic E-state index is 12.9. The van der Waals surface area contributed by atoms with Crippen LogP contribution < -0.4 is 16.7 Å². The largest absolute Gasteiger partial charge is 0.332 e. The molecule has 9 heteroatoms. The molecule has 0 aliphatic carbocycles. The van der Waals surface area contributed by atoms with Crippen molar-refractivity contribution in [2.45, 2.75) is 19.9 Å². The molecule has 0 amide bonds. The Morgan fingerprint density at radius 3 is 2.54 bits per heavy atom. The molecule has 0 fully saturated rings. The second-order valence-electron chi connectivity index (χ2n) is 5.89. The van der Waals surface area contributed by atoms with Gasteiger partial charge in [-0.1, -0.05) is 19.1 Å². The molecule has 1 N–H and O–H groups in total. The summed E-state index contributed by atoms with van der Waals surface area (Å²) in [6.45, 7) is 2.52. The van der Waals surface area contributed by atoms with Crippen LogP contribution >= 0.6 is 0 Å². The Morgan fingerprint density at radius 2 is 1.88 bits per heavy atom. The van der Waals surface area contributed by atoms with Crippen molar-refractivity contribution in [3.05, 3.63) is 56.5 Å². The summed E-state index contributed by atoms with van der Waals surface area (Å²) in [5.74, 6) is 0.0371. The number of hydrogen-bond donors (Lipinski definition) is 1. The molecule has 0 aliphatic rings. The second-order valence-corrected chi connectivity index (χ2v) is 5.89. The monoisotopic (exact) mass is 358 g/mol. The Labute approximate surface area is 148 Å². The highest BCUT2D eigenvalue weighted by Gasteiger charge is 2.18. The van der Waals surface area contributed by atoms with Gasteiger partial charge in [-0.05, 0) is 24.1 Å². The molecule has 0 saturated heterocycles. The Morgan fingerprint density at radius 1 is 1.19 bits per heavy atom. The second kappa shape index (κ2) is 6.95. The lowest BCUT2D eigenvalue weighted by atomic mass is 10.2. The predicted octanol–water partition coefficient (Wildman–Crippen LogP) is 1.43. The van der Waals surface area contributed by atoms with E-state index >= 15 is 0 Å². The van der Waals surface area contributed by atoms with Gasteiger partial charge in [0, 0.05) is 20.6 Å². The minimum Gasteiger partial charge on any atom is -0.303 e. The quantitative estimate of drug-likeness (QED) is 0.552. The van der Waals surface area contributed by atoms with E-state index in [0.29, 0.717) is 29.2 Å². The summed E-state index contributed by atoms with van der Waals surface area (Å²) in [7, 11) is 3.01. The van der Waals surface area contributed by atoms with E-state index in [4.69, 9.17) is 0 Å². The highest BCUT2D eigenvalue weighted by atomic mass is 19.1. The summed E-state index contributed by atoms with van der Waals surface area (Å²) >= 11 is 0. The summed E-state index contributed by atoms with van der Waals surface area (Å²) in [6, 6.07) is 5.87. The molecule has 0 atom stereocenters.